The average molecular weight is 293 g/mol. The highest BCUT2D eigenvalue weighted by atomic mass is 19.4. The Morgan fingerprint density at radius 1 is 1.00 bits per heavy atom. The van der Waals surface area contributed by atoms with E-state index in [9.17, 15) is 13.2 Å². The summed E-state index contributed by atoms with van der Waals surface area (Å²) in [6.45, 7) is 5.29. The molecule has 0 bridgehead atoms. The number of nitrogens with one attached hydrogen (secondary N) is 1. The van der Waals surface area contributed by atoms with Crippen LogP contribution in [0.25, 0.3) is 11.1 Å². The normalized spacial score (nSPS) is 11.7. The van der Waals surface area contributed by atoms with Gasteiger partial charge in [-0.25, -0.2) is 0 Å². The van der Waals surface area contributed by atoms with E-state index in [1.165, 1.54) is 6.07 Å². The van der Waals surface area contributed by atoms with Crippen LogP contribution in [0, 0.1) is 6.92 Å². The van der Waals surface area contributed by atoms with Crippen molar-refractivity contribution in [1.82, 2.24) is 5.32 Å². The van der Waals surface area contributed by atoms with Crippen LogP contribution < -0.4 is 5.32 Å². The summed E-state index contributed by atoms with van der Waals surface area (Å²) in [7, 11) is 0. The summed E-state index contributed by atoms with van der Waals surface area (Å²) < 4.78 is 38.2. The van der Waals surface area contributed by atoms with E-state index in [2.05, 4.69) is 5.32 Å². The maximum absolute atomic E-state index is 12.7. The van der Waals surface area contributed by atoms with Crippen LogP contribution in [0.4, 0.5) is 13.2 Å². The van der Waals surface area contributed by atoms with E-state index in [1.807, 2.05) is 31.2 Å². The molecule has 0 aliphatic carbocycles. The second kappa shape index (κ2) is 6.31. The van der Waals surface area contributed by atoms with E-state index in [4.69, 9.17) is 0 Å². The largest absolute Gasteiger partial charge is 0.416 e. The van der Waals surface area contributed by atoms with Crippen LogP contribution in [0.15, 0.2) is 42.5 Å². The van der Waals surface area contributed by atoms with Gasteiger partial charge >= 0.3 is 6.18 Å². The number of aryl methyl sites for hydroxylation is 1. The van der Waals surface area contributed by atoms with Crippen molar-refractivity contribution < 1.29 is 13.2 Å². The molecule has 2 aromatic rings. The lowest BCUT2D eigenvalue weighted by Gasteiger charge is -2.14. The highest BCUT2D eigenvalue weighted by Crippen LogP contribution is 2.34. The van der Waals surface area contributed by atoms with Crippen molar-refractivity contribution >= 4 is 0 Å². The van der Waals surface area contributed by atoms with Gasteiger partial charge in [0.1, 0.15) is 0 Å². The summed E-state index contributed by atoms with van der Waals surface area (Å²) >= 11 is 0. The third-order valence-electron chi connectivity index (χ3n) is 3.43. The zero-order chi connectivity index (χ0) is 15.5. The zero-order valence-corrected chi connectivity index (χ0v) is 12.1. The van der Waals surface area contributed by atoms with Crippen molar-refractivity contribution in [1.29, 1.82) is 0 Å². The first-order chi connectivity index (χ1) is 9.93. The van der Waals surface area contributed by atoms with Crippen LogP contribution in [0.3, 0.4) is 0 Å². The number of alkyl halides is 3. The lowest BCUT2D eigenvalue weighted by atomic mass is 9.94. The molecule has 0 aliphatic rings. The summed E-state index contributed by atoms with van der Waals surface area (Å²) in [5.41, 5.74) is 2.94. The molecular weight excluding hydrogens is 275 g/mol. The van der Waals surface area contributed by atoms with Crippen molar-refractivity contribution in [3.05, 3.63) is 59.2 Å². The molecule has 2 rings (SSSR count). The minimum Gasteiger partial charge on any atom is -0.313 e. The molecule has 0 saturated carbocycles. The fourth-order valence-corrected chi connectivity index (χ4v) is 2.34. The molecule has 0 aromatic heterocycles. The Bertz CT molecular complexity index is 618. The van der Waals surface area contributed by atoms with Crippen LogP contribution in [-0.4, -0.2) is 6.54 Å². The lowest BCUT2D eigenvalue weighted by molar-refractivity contribution is -0.137. The Kier molecular flexibility index (Phi) is 4.68. The molecule has 1 N–H and O–H groups in total. The van der Waals surface area contributed by atoms with Gasteiger partial charge in [-0.3, -0.25) is 0 Å². The standard InChI is InChI=1S/C17H18F3N/c1-3-21-11-13-6-4-5-7-16(13)15-9-8-14(10-12(15)2)17(18,19)20/h4-10,21H,3,11H2,1-2H3. The Hall–Kier alpha value is -1.81. The third-order valence-corrected chi connectivity index (χ3v) is 3.43. The van der Waals surface area contributed by atoms with Gasteiger partial charge in [-0.15, -0.1) is 0 Å². The summed E-state index contributed by atoms with van der Waals surface area (Å²) in [5, 5.41) is 3.25. The Balaban J connectivity index is 2.43. The van der Waals surface area contributed by atoms with E-state index in [0.717, 1.165) is 29.3 Å². The molecule has 0 heterocycles. The van der Waals surface area contributed by atoms with Gasteiger partial charge in [-0.1, -0.05) is 37.3 Å². The molecule has 0 saturated heterocycles. The van der Waals surface area contributed by atoms with Gasteiger partial charge < -0.3 is 5.32 Å². The first kappa shape index (κ1) is 15.6. The van der Waals surface area contributed by atoms with Crippen molar-refractivity contribution in [2.45, 2.75) is 26.6 Å². The van der Waals surface area contributed by atoms with Crippen LogP contribution in [-0.2, 0) is 12.7 Å². The molecular formula is C17H18F3N. The second-order valence-corrected chi connectivity index (χ2v) is 4.96. The van der Waals surface area contributed by atoms with Gasteiger partial charge in [-0.2, -0.15) is 13.2 Å². The molecule has 0 radical (unpaired) electrons. The van der Waals surface area contributed by atoms with Crippen LogP contribution in [0.2, 0.25) is 0 Å². The molecule has 0 aliphatic heterocycles. The first-order valence-electron chi connectivity index (χ1n) is 6.90. The summed E-state index contributed by atoms with van der Waals surface area (Å²) in [5.74, 6) is 0. The molecule has 2 aromatic carbocycles. The smallest absolute Gasteiger partial charge is 0.313 e. The summed E-state index contributed by atoms with van der Waals surface area (Å²) in [6.07, 6.45) is -4.30. The number of rotatable bonds is 4. The van der Waals surface area contributed by atoms with Crippen molar-refractivity contribution in [2.75, 3.05) is 6.54 Å². The number of hydrogen-bond acceptors (Lipinski definition) is 1. The van der Waals surface area contributed by atoms with Crippen LogP contribution >= 0.6 is 0 Å². The van der Waals surface area contributed by atoms with Gasteiger partial charge in [0, 0.05) is 6.54 Å². The average Bonchev–Trinajstić information content (AvgIpc) is 2.44. The third kappa shape index (κ3) is 3.64. The molecule has 0 spiro atoms. The Morgan fingerprint density at radius 3 is 2.33 bits per heavy atom. The summed E-state index contributed by atoms with van der Waals surface area (Å²) in [6, 6.07) is 11.7. The maximum atomic E-state index is 12.7. The lowest BCUT2D eigenvalue weighted by Crippen LogP contribution is -2.12. The molecule has 21 heavy (non-hydrogen) atoms. The highest BCUT2D eigenvalue weighted by molar-refractivity contribution is 5.71. The fraction of sp³-hybridized carbons (Fsp3) is 0.294. The fourth-order valence-electron chi connectivity index (χ4n) is 2.34. The maximum Gasteiger partial charge on any atom is 0.416 e. The molecule has 4 heteroatoms. The van der Waals surface area contributed by atoms with Crippen molar-refractivity contribution in [3.8, 4) is 11.1 Å². The summed E-state index contributed by atoms with van der Waals surface area (Å²) in [4.78, 5) is 0. The molecule has 0 atom stereocenters. The number of benzene rings is 2. The van der Waals surface area contributed by atoms with Crippen LogP contribution in [0.1, 0.15) is 23.6 Å². The van der Waals surface area contributed by atoms with Gasteiger partial charge in [0.2, 0.25) is 0 Å². The molecule has 1 nitrogen and oxygen atoms in total. The monoisotopic (exact) mass is 293 g/mol. The van der Waals surface area contributed by atoms with E-state index < -0.39 is 11.7 Å². The van der Waals surface area contributed by atoms with E-state index in [-0.39, 0.29) is 0 Å². The van der Waals surface area contributed by atoms with Crippen LogP contribution in [0.5, 0.6) is 0 Å². The first-order valence-corrected chi connectivity index (χ1v) is 6.90. The molecule has 112 valence electrons. The van der Waals surface area contributed by atoms with Crippen molar-refractivity contribution in [3.63, 3.8) is 0 Å². The van der Waals surface area contributed by atoms with E-state index in [0.29, 0.717) is 12.1 Å². The minimum absolute atomic E-state index is 0.604. The zero-order valence-electron chi connectivity index (χ0n) is 12.1. The molecule has 0 unspecified atom stereocenters. The Labute approximate surface area is 122 Å². The number of hydrogen-bond donors (Lipinski definition) is 1. The van der Waals surface area contributed by atoms with Gasteiger partial charge in [0.15, 0.2) is 0 Å². The topological polar surface area (TPSA) is 12.0 Å². The quantitative estimate of drug-likeness (QED) is 0.854. The highest BCUT2D eigenvalue weighted by Gasteiger charge is 2.30. The Morgan fingerprint density at radius 2 is 1.71 bits per heavy atom. The van der Waals surface area contributed by atoms with Gasteiger partial charge in [0.05, 0.1) is 5.56 Å². The van der Waals surface area contributed by atoms with E-state index in [1.54, 1.807) is 13.0 Å². The molecule has 0 amide bonds. The second-order valence-electron chi connectivity index (χ2n) is 4.96. The predicted octanol–water partition coefficient (Wildman–Crippen LogP) is 4.79. The van der Waals surface area contributed by atoms with Gasteiger partial charge in [-0.05, 0) is 47.9 Å². The van der Waals surface area contributed by atoms with E-state index >= 15 is 0 Å². The molecule has 0 fully saturated rings. The van der Waals surface area contributed by atoms with Crippen molar-refractivity contribution in [2.24, 2.45) is 0 Å². The van der Waals surface area contributed by atoms with Gasteiger partial charge in [0.25, 0.3) is 0 Å². The minimum atomic E-state index is -4.30. The predicted molar refractivity (Wildman–Crippen MR) is 79.0 cm³/mol. The SMILES string of the molecule is CCNCc1ccccc1-c1ccc(C(F)(F)F)cc1C. The number of halogens is 3.